The maximum atomic E-state index is 13.8. The number of amides is 8. The Balaban J connectivity index is 1.67. The highest BCUT2D eigenvalue weighted by molar-refractivity contribution is 6.30. The van der Waals surface area contributed by atoms with Gasteiger partial charge in [0.2, 0.25) is 11.6 Å². The predicted octanol–water partition coefficient (Wildman–Crippen LogP) is 3.15. The normalized spacial score (nSPS) is 20.2. The summed E-state index contributed by atoms with van der Waals surface area (Å²) in [6.45, 7) is 9.92. The molecule has 2 aromatic rings. The predicted molar refractivity (Wildman–Crippen MR) is 188 cm³/mol. The van der Waals surface area contributed by atoms with Crippen LogP contribution in [0.25, 0.3) is 22.3 Å². The van der Waals surface area contributed by atoms with E-state index in [0.717, 1.165) is 12.2 Å². The third kappa shape index (κ3) is 5.62. The molecule has 16 heteroatoms. The Bertz CT molecular complexity index is 2150. The van der Waals surface area contributed by atoms with E-state index in [1.165, 1.54) is 0 Å². The summed E-state index contributed by atoms with van der Waals surface area (Å²) >= 11 is 0. The first kappa shape index (κ1) is 36.9. The minimum absolute atomic E-state index is 0.0533. The molecule has 8 N–H and O–H groups in total. The second kappa shape index (κ2) is 13.0. The van der Waals surface area contributed by atoms with Crippen molar-refractivity contribution in [1.29, 1.82) is 0 Å². The summed E-state index contributed by atoms with van der Waals surface area (Å²) in [7, 11) is 0. The van der Waals surface area contributed by atoms with E-state index in [-0.39, 0.29) is 44.5 Å². The zero-order valence-corrected chi connectivity index (χ0v) is 29.7. The SMILES string of the molecule is Cc1cc2c(c(O)c1-c1c(C)cc3c(c1O)C(C=C1C(=O)NC(=O)NC1=O)C(=O)C(O)=C3C(C)C)C(C=C1C(=O)NC(=O)NC1=O)C(=O)C(O)=C2C(C)C. The number of hydrogen-bond acceptors (Lipinski definition) is 12. The topological polar surface area (TPSA) is 266 Å². The van der Waals surface area contributed by atoms with E-state index < -0.39 is 105 Å². The van der Waals surface area contributed by atoms with Crippen molar-refractivity contribution in [1.82, 2.24) is 21.3 Å². The lowest BCUT2D eigenvalue weighted by atomic mass is 9.72. The van der Waals surface area contributed by atoms with Crippen molar-refractivity contribution < 1.29 is 58.8 Å². The Morgan fingerprint density at radius 3 is 1.11 bits per heavy atom. The number of aryl methyl sites for hydroxylation is 2. The van der Waals surface area contributed by atoms with Gasteiger partial charge in [-0.3, -0.25) is 50.0 Å². The molecule has 4 aliphatic rings. The maximum Gasteiger partial charge on any atom is 0.328 e. The maximum absolute atomic E-state index is 13.8. The van der Waals surface area contributed by atoms with Crippen LogP contribution in [0.2, 0.25) is 0 Å². The van der Waals surface area contributed by atoms with Gasteiger partial charge in [0.05, 0.1) is 11.8 Å². The first-order valence-corrected chi connectivity index (χ1v) is 16.7. The molecule has 2 heterocycles. The van der Waals surface area contributed by atoms with Crippen LogP contribution in [0.3, 0.4) is 0 Å². The van der Waals surface area contributed by atoms with Gasteiger partial charge < -0.3 is 20.4 Å². The molecule has 0 spiro atoms. The zero-order valence-electron chi connectivity index (χ0n) is 29.7. The van der Waals surface area contributed by atoms with Crippen LogP contribution in [0.4, 0.5) is 9.59 Å². The third-order valence-electron chi connectivity index (χ3n) is 9.78. The van der Waals surface area contributed by atoms with Crippen LogP contribution in [0, 0.1) is 25.7 Å². The Labute approximate surface area is 306 Å². The van der Waals surface area contributed by atoms with Gasteiger partial charge in [-0.2, -0.15) is 0 Å². The second-order valence-electron chi connectivity index (χ2n) is 13.9. The molecule has 2 fully saturated rings. The number of hydrogen-bond donors (Lipinski definition) is 8. The summed E-state index contributed by atoms with van der Waals surface area (Å²) in [5, 5.41) is 54.4. The first-order valence-electron chi connectivity index (χ1n) is 16.7. The molecule has 6 rings (SSSR count). The van der Waals surface area contributed by atoms with E-state index in [9.17, 15) is 58.8 Å². The molecule has 2 saturated heterocycles. The van der Waals surface area contributed by atoms with E-state index in [0.29, 0.717) is 11.1 Å². The molecule has 2 aliphatic carbocycles. The molecule has 0 radical (unpaired) electrons. The number of aromatic hydroxyl groups is 2. The Morgan fingerprint density at radius 2 is 0.833 bits per heavy atom. The second-order valence-corrected chi connectivity index (χ2v) is 13.9. The largest absolute Gasteiger partial charge is 0.507 e. The van der Waals surface area contributed by atoms with Gasteiger partial charge >= 0.3 is 12.1 Å². The van der Waals surface area contributed by atoms with Gasteiger partial charge in [-0.05, 0) is 47.9 Å². The lowest BCUT2D eigenvalue weighted by Crippen LogP contribution is -2.51. The van der Waals surface area contributed by atoms with Gasteiger partial charge in [-0.15, -0.1) is 0 Å². The third-order valence-corrected chi connectivity index (χ3v) is 9.78. The van der Waals surface area contributed by atoms with Gasteiger partial charge in [-0.25, -0.2) is 9.59 Å². The zero-order chi connectivity index (χ0) is 39.8. The summed E-state index contributed by atoms with van der Waals surface area (Å²) in [5.41, 5.74) is -0.376. The lowest BCUT2D eigenvalue weighted by Gasteiger charge is -2.32. The minimum atomic E-state index is -1.65. The van der Waals surface area contributed by atoms with E-state index in [2.05, 4.69) is 0 Å². The molecule has 54 heavy (non-hydrogen) atoms. The van der Waals surface area contributed by atoms with E-state index in [1.807, 2.05) is 21.3 Å². The lowest BCUT2D eigenvalue weighted by molar-refractivity contribution is -0.126. The summed E-state index contributed by atoms with van der Waals surface area (Å²) in [4.78, 5) is 102. The number of rotatable bonds is 5. The molecule has 16 nitrogen and oxygen atoms in total. The fourth-order valence-corrected chi connectivity index (χ4v) is 7.49. The summed E-state index contributed by atoms with van der Waals surface area (Å²) in [6.07, 6.45) is 1.83. The van der Waals surface area contributed by atoms with E-state index in [4.69, 9.17) is 0 Å². The number of phenols is 2. The number of urea groups is 2. The summed E-state index contributed by atoms with van der Waals surface area (Å²) in [5.74, 6) is -13.3. The number of allylic oxidation sites excluding steroid dienone is 6. The number of carbonyl (C=O) groups excluding carboxylic acids is 8. The van der Waals surface area contributed by atoms with Crippen molar-refractivity contribution >= 4 is 58.4 Å². The van der Waals surface area contributed by atoms with Crippen molar-refractivity contribution in [3.8, 4) is 22.6 Å². The highest BCUT2D eigenvalue weighted by atomic mass is 16.3. The highest BCUT2D eigenvalue weighted by Gasteiger charge is 2.43. The highest BCUT2D eigenvalue weighted by Crippen LogP contribution is 2.54. The molecule has 8 amide bonds. The molecule has 0 bridgehead atoms. The monoisotopic (exact) mass is 738 g/mol. The number of ketones is 2. The van der Waals surface area contributed by atoms with Crippen LogP contribution in [0.5, 0.6) is 11.5 Å². The molecule has 278 valence electrons. The number of carbonyl (C=O) groups is 8. The number of imide groups is 4. The Kier molecular flexibility index (Phi) is 8.88. The average Bonchev–Trinajstić information content (AvgIpc) is 3.05. The van der Waals surface area contributed by atoms with Gasteiger partial charge in [-0.1, -0.05) is 52.0 Å². The van der Waals surface area contributed by atoms with Crippen molar-refractivity contribution in [3.05, 3.63) is 80.3 Å². The number of phenolic OH excluding ortho intramolecular Hbond substituents is 2. The van der Waals surface area contributed by atoms with E-state index in [1.54, 1.807) is 53.7 Å². The number of barbiturate groups is 2. The molecule has 2 aliphatic heterocycles. The molecular formula is C38H34N4O12. The van der Waals surface area contributed by atoms with Crippen LogP contribution in [0.15, 0.2) is 46.9 Å². The summed E-state index contributed by atoms with van der Waals surface area (Å²) < 4.78 is 0. The molecular weight excluding hydrogens is 704 g/mol. The number of fused-ring (bicyclic) bond motifs is 2. The van der Waals surface area contributed by atoms with Gasteiger partial charge in [0.15, 0.2) is 11.5 Å². The average molecular weight is 739 g/mol. The van der Waals surface area contributed by atoms with Gasteiger partial charge in [0.25, 0.3) is 23.6 Å². The molecule has 2 atom stereocenters. The molecule has 0 aromatic heterocycles. The number of Topliss-reactive ketones (excluding diaryl/α,β-unsaturated/α-hetero) is 2. The number of nitrogens with one attached hydrogen (secondary N) is 4. The van der Waals surface area contributed by atoms with Crippen molar-refractivity contribution in [3.63, 3.8) is 0 Å². The van der Waals surface area contributed by atoms with Crippen LogP contribution in [-0.4, -0.2) is 67.7 Å². The number of aliphatic hydroxyl groups excluding tert-OH is 2. The molecule has 2 unspecified atom stereocenters. The van der Waals surface area contributed by atoms with Crippen molar-refractivity contribution in [2.45, 2.75) is 53.4 Å². The van der Waals surface area contributed by atoms with Crippen molar-refractivity contribution in [2.75, 3.05) is 0 Å². The van der Waals surface area contributed by atoms with Gasteiger partial charge in [0, 0.05) is 33.4 Å². The molecule has 0 saturated carbocycles. The number of benzene rings is 2. The van der Waals surface area contributed by atoms with Crippen LogP contribution >= 0.6 is 0 Å². The molecule has 2 aromatic carbocycles. The van der Waals surface area contributed by atoms with Crippen LogP contribution in [0.1, 0.15) is 72.9 Å². The fraction of sp³-hybridized carbons (Fsp3) is 0.263. The van der Waals surface area contributed by atoms with E-state index >= 15 is 0 Å². The fourth-order valence-electron chi connectivity index (χ4n) is 7.49. The van der Waals surface area contributed by atoms with Crippen LogP contribution < -0.4 is 21.3 Å². The Morgan fingerprint density at radius 1 is 0.537 bits per heavy atom. The summed E-state index contributed by atoms with van der Waals surface area (Å²) in [6, 6.07) is 0.910. The quantitative estimate of drug-likeness (QED) is 0.162. The van der Waals surface area contributed by atoms with Crippen LogP contribution in [-0.2, 0) is 28.8 Å². The smallest absolute Gasteiger partial charge is 0.328 e. The standard InChI is InChI=1S/C38H34N4O12/c1-11(2)21-15-7-13(5)23(29(45)25(15)17(27(43)31(21)47)9-19-33(49)39-37(53)40-34(19)50)24-14(6)8-16-22(12(3)4)32(48)28(44)18(26(16)30(24)46)10-20-35(51)41-38(54)42-36(20)52/h7-12,17-18,45-48H,1-6H3,(H2,39,40,49,50,53)(H2,41,42,51,52,54). The minimum Gasteiger partial charge on any atom is -0.507 e. The van der Waals surface area contributed by atoms with Gasteiger partial charge in [0.1, 0.15) is 22.6 Å². The van der Waals surface area contributed by atoms with Crippen molar-refractivity contribution in [2.24, 2.45) is 11.8 Å². The Hall–Kier alpha value is -6.84. The first-order chi connectivity index (χ1) is 25.3. The number of aliphatic hydroxyl groups is 2.